The van der Waals surface area contributed by atoms with E-state index in [-0.39, 0.29) is 12.5 Å². The second-order valence-electron chi connectivity index (χ2n) is 8.20. The average Bonchev–Trinajstić information content (AvgIpc) is 2.69. The van der Waals surface area contributed by atoms with E-state index in [2.05, 4.69) is 12.2 Å². The zero-order chi connectivity index (χ0) is 21.4. The van der Waals surface area contributed by atoms with Gasteiger partial charge in [-0.15, -0.1) is 0 Å². The van der Waals surface area contributed by atoms with Crippen molar-refractivity contribution in [1.29, 1.82) is 0 Å². The third-order valence-corrected chi connectivity index (χ3v) is 5.22. The van der Waals surface area contributed by atoms with Crippen molar-refractivity contribution in [3.63, 3.8) is 0 Å². The van der Waals surface area contributed by atoms with Crippen LogP contribution in [0.3, 0.4) is 0 Å². The summed E-state index contributed by atoms with van der Waals surface area (Å²) in [5.74, 6) is 0.764. The molecule has 0 unspecified atom stereocenters. The maximum Gasteiger partial charge on any atom is 0.341 e. The number of hydrogen-bond acceptors (Lipinski definition) is 5. The number of ether oxygens (including phenoxy) is 3. The summed E-state index contributed by atoms with van der Waals surface area (Å²) in [7, 11) is 0. The molecule has 0 aliphatic heterocycles. The number of carbonyl (C=O) groups is 2. The van der Waals surface area contributed by atoms with Gasteiger partial charge in [-0.3, -0.25) is 4.79 Å². The van der Waals surface area contributed by atoms with Crippen molar-refractivity contribution >= 4 is 17.6 Å². The average molecular weight is 406 g/mol. The van der Waals surface area contributed by atoms with Crippen LogP contribution in [-0.2, 0) is 14.3 Å². The normalized spacial score (nSPS) is 21.7. The molecule has 0 aromatic heterocycles. The van der Waals surface area contributed by atoms with Gasteiger partial charge in [0.1, 0.15) is 16.9 Å². The van der Waals surface area contributed by atoms with Crippen LogP contribution in [-0.4, -0.2) is 37.3 Å². The smallest absolute Gasteiger partial charge is 0.341 e. The summed E-state index contributed by atoms with van der Waals surface area (Å²) in [5.41, 5.74) is 0.0405. The SMILES string of the molecule is CCOC(=O)c1cc(NC(=O)C2(OCC)CCC(C)CC2)ccc1OCC(C)C. The number of carbonyl (C=O) groups excluding carboxylic acids is 2. The summed E-state index contributed by atoms with van der Waals surface area (Å²) >= 11 is 0. The fraction of sp³-hybridized carbons (Fsp3) is 0.652. The molecule has 2 rings (SSSR count). The Bertz CT molecular complexity index is 693. The van der Waals surface area contributed by atoms with Crippen molar-refractivity contribution in [2.24, 2.45) is 11.8 Å². The number of anilines is 1. The summed E-state index contributed by atoms with van der Waals surface area (Å²) in [6, 6.07) is 5.08. The first-order chi connectivity index (χ1) is 13.8. The number of rotatable bonds is 9. The minimum atomic E-state index is -0.807. The minimum Gasteiger partial charge on any atom is -0.492 e. The monoisotopic (exact) mass is 405 g/mol. The lowest BCUT2D eigenvalue weighted by atomic mass is 9.78. The fourth-order valence-electron chi connectivity index (χ4n) is 3.55. The zero-order valence-corrected chi connectivity index (χ0v) is 18.4. The highest BCUT2D eigenvalue weighted by atomic mass is 16.5. The molecule has 1 aliphatic carbocycles. The number of hydrogen-bond donors (Lipinski definition) is 1. The first-order valence-corrected chi connectivity index (χ1v) is 10.7. The van der Waals surface area contributed by atoms with Crippen molar-refractivity contribution in [2.45, 2.75) is 65.9 Å². The largest absolute Gasteiger partial charge is 0.492 e. The molecule has 1 N–H and O–H groups in total. The zero-order valence-electron chi connectivity index (χ0n) is 18.4. The highest BCUT2D eigenvalue weighted by Crippen LogP contribution is 2.36. The summed E-state index contributed by atoms with van der Waals surface area (Å²) < 4.78 is 16.9. The van der Waals surface area contributed by atoms with Crippen LogP contribution in [0.5, 0.6) is 5.75 Å². The van der Waals surface area contributed by atoms with Crippen molar-refractivity contribution < 1.29 is 23.8 Å². The van der Waals surface area contributed by atoms with E-state index in [0.717, 1.165) is 12.8 Å². The van der Waals surface area contributed by atoms with Crippen LogP contribution < -0.4 is 10.1 Å². The second-order valence-corrected chi connectivity index (χ2v) is 8.20. The highest BCUT2D eigenvalue weighted by molar-refractivity contribution is 5.99. The van der Waals surface area contributed by atoms with Crippen LogP contribution in [0, 0.1) is 11.8 Å². The van der Waals surface area contributed by atoms with E-state index in [4.69, 9.17) is 14.2 Å². The molecule has 1 aliphatic rings. The van der Waals surface area contributed by atoms with E-state index in [1.165, 1.54) is 0 Å². The van der Waals surface area contributed by atoms with Crippen molar-refractivity contribution in [2.75, 3.05) is 25.1 Å². The molecule has 0 spiro atoms. The van der Waals surface area contributed by atoms with Crippen molar-refractivity contribution in [3.8, 4) is 5.75 Å². The first-order valence-electron chi connectivity index (χ1n) is 10.7. The third kappa shape index (κ3) is 6.20. The Hall–Kier alpha value is -2.08. The number of benzene rings is 1. The molecule has 1 amide bonds. The summed E-state index contributed by atoms with van der Waals surface area (Å²) in [5, 5.41) is 2.95. The predicted octanol–water partition coefficient (Wildman–Crippen LogP) is 4.82. The van der Waals surface area contributed by atoms with Crippen molar-refractivity contribution in [3.05, 3.63) is 23.8 Å². The summed E-state index contributed by atoms with van der Waals surface area (Å²) in [6.45, 7) is 11.2. The lowest BCUT2D eigenvalue weighted by molar-refractivity contribution is -0.146. The van der Waals surface area contributed by atoms with Gasteiger partial charge in [0.2, 0.25) is 0 Å². The molecule has 1 saturated carbocycles. The molecule has 0 bridgehead atoms. The first kappa shape index (κ1) is 23.2. The lowest BCUT2D eigenvalue weighted by Crippen LogP contribution is -2.48. The summed E-state index contributed by atoms with van der Waals surface area (Å²) in [4.78, 5) is 25.5. The lowest BCUT2D eigenvalue weighted by Gasteiger charge is -2.37. The van der Waals surface area contributed by atoms with Gasteiger partial charge in [-0.05, 0) is 69.6 Å². The van der Waals surface area contributed by atoms with Gasteiger partial charge in [-0.2, -0.15) is 0 Å². The van der Waals surface area contributed by atoms with Gasteiger partial charge < -0.3 is 19.5 Å². The van der Waals surface area contributed by atoms with E-state index < -0.39 is 11.6 Å². The van der Waals surface area contributed by atoms with Crippen LogP contribution in [0.15, 0.2) is 18.2 Å². The highest BCUT2D eigenvalue weighted by Gasteiger charge is 2.42. The molecule has 0 saturated heterocycles. The van der Waals surface area contributed by atoms with E-state index >= 15 is 0 Å². The molecule has 1 aromatic rings. The van der Waals surface area contributed by atoms with Crippen LogP contribution in [0.25, 0.3) is 0 Å². The van der Waals surface area contributed by atoms with E-state index in [0.29, 0.717) is 54.9 Å². The molecule has 6 nitrogen and oxygen atoms in total. The Labute approximate surface area is 174 Å². The Morgan fingerprint density at radius 2 is 1.86 bits per heavy atom. The number of nitrogens with one attached hydrogen (secondary N) is 1. The van der Waals surface area contributed by atoms with Gasteiger partial charge >= 0.3 is 5.97 Å². The third-order valence-electron chi connectivity index (χ3n) is 5.22. The van der Waals surface area contributed by atoms with Gasteiger partial charge in [0.05, 0.1) is 13.2 Å². The van der Waals surface area contributed by atoms with Crippen molar-refractivity contribution in [1.82, 2.24) is 0 Å². The molecule has 1 aromatic carbocycles. The Balaban J connectivity index is 2.23. The van der Waals surface area contributed by atoms with E-state index in [1.807, 2.05) is 20.8 Å². The molecular weight excluding hydrogens is 370 g/mol. The van der Waals surface area contributed by atoms with Crippen LogP contribution >= 0.6 is 0 Å². The Morgan fingerprint density at radius 3 is 2.45 bits per heavy atom. The Morgan fingerprint density at radius 1 is 1.17 bits per heavy atom. The molecule has 162 valence electrons. The van der Waals surface area contributed by atoms with Gasteiger partial charge in [0.25, 0.3) is 5.91 Å². The van der Waals surface area contributed by atoms with E-state index in [9.17, 15) is 9.59 Å². The maximum atomic E-state index is 13.1. The minimum absolute atomic E-state index is 0.156. The molecule has 1 fully saturated rings. The predicted molar refractivity (Wildman–Crippen MR) is 113 cm³/mol. The van der Waals surface area contributed by atoms with Crippen LogP contribution in [0.1, 0.15) is 70.7 Å². The topological polar surface area (TPSA) is 73.9 Å². The number of amides is 1. The standard InChI is InChI=1S/C23H35NO5/c1-6-27-21(25)19-14-18(8-9-20(19)28-15-16(3)4)24-22(26)23(29-7-2)12-10-17(5)11-13-23/h8-9,14,16-17H,6-7,10-13,15H2,1-5H3,(H,24,26). The molecule has 0 radical (unpaired) electrons. The van der Waals surface area contributed by atoms with Crippen LogP contribution in [0.4, 0.5) is 5.69 Å². The quantitative estimate of drug-likeness (QED) is 0.596. The molecular formula is C23H35NO5. The van der Waals surface area contributed by atoms with Gasteiger partial charge in [0, 0.05) is 12.3 Å². The fourth-order valence-corrected chi connectivity index (χ4v) is 3.55. The van der Waals surface area contributed by atoms with Crippen LogP contribution in [0.2, 0.25) is 0 Å². The van der Waals surface area contributed by atoms with Gasteiger partial charge in [-0.1, -0.05) is 20.8 Å². The molecule has 0 heterocycles. The second kappa shape index (κ2) is 10.6. The summed E-state index contributed by atoms with van der Waals surface area (Å²) in [6.07, 6.45) is 3.33. The van der Waals surface area contributed by atoms with Gasteiger partial charge in [0.15, 0.2) is 0 Å². The molecule has 0 atom stereocenters. The molecule has 29 heavy (non-hydrogen) atoms. The Kier molecular flexibility index (Phi) is 8.50. The molecule has 6 heteroatoms. The van der Waals surface area contributed by atoms with Gasteiger partial charge in [-0.25, -0.2) is 4.79 Å². The number of esters is 1. The maximum absolute atomic E-state index is 13.1. The van der Waals surface area contributed by atoms with E-state index in [1.54, 1.807) is 25.1 Å².